The number of benzene rings is 2. The molecule has 2 aliphatic carbocycles. The summed E-state index contributed by atoms with van der Waals surface area (Å²) < 4.78 is 63.0. The third-order valence-corrected chi connectivity index (χ3v) is 7.32. The van der Waals surface area contributed by atoms with Gasteiger partial charge in [0.2, 0.25) is 0 Å². The fourth-order valence-electron chi connectivity index (χ4n) is 5.48. The second-order valence-corrected chi connectivity index (χ2v) is 9.42. The second-order valence-electron chi connectivity index (χ2n) is 9.42. The summed E-state index contributed by atoms with van der Waals surface area (Å²) in [5, 5.41) is 0. The van der Waals surface area contributed by atoms with Crippen molar-refractivity contribution in [2.75, 3.05) is 0 Å². The summed E-state index contributed by atoms with van der Waals surface area (Å²) in [6, 6.07) is 9.48. The highest BCUT2D eigenvalue weighted by Crippen LogP contribution is 2.45. The zero-order chi connectivity index (χ0) is 22.0. The van der Waals surface area contributed by atoms with Crippen molar-refractivity contribution in [2.45, 2.75) is 70.3 Å². The van der Waals surface area contributed by atoms with Crippen molar-refractivity contribution in [3.63, 3.8) is 0 Å². The molecule has 0 bridgehead atoms. The fourth-order valence-corrected chi connectivity index (χ4v) is 5.48. The average Bonchev–Trinajstić information content (AvgIpc) is 2.74. The lowest BCUT2D eigenvalue weighted by Gasteiger charge is -2.37. The normalized spacial score (nSPS) is 27.1. The molecule has 5 heteroatoms. The van der Waals surface area contributed by atoms with Gasteiger partial charge in [0.15, 0.2) is 0 Å². The number of alkyl halides is 2. The van der Waals surface area contributed by atoms with Crippen LogP contribution in [0.1, 0.15) is 75.3 Å². The average molecular weight is 435 g/mol. The van der Waals surface area contributed by atoms with E-state index in [-0.39, 0.29) is 11.7 Å². The third-order valence-electron chi connectivity index (χ3n) is 7.32. The van der Waals surface area contributed by atoms with E-state index in [0.717, 1.165) is 49.7 Å². The molecule has 31 heavy (non-hydrogen) atoms. The first-order chi connectivity index (χ1) is 14.8. The van der Waals surface area contributed by atoms with E-state index in [1.807, 2.05) is 0 Å². The minimum Gasteiger partial charge on any atom is -0.429 e. The smallest absolute Gasteiger partial charge is 0.429 e. The van der Waals surface area contributed by atoms with E-state index < -0.39 is 23.3 Å². The van der Waals surface area contributed by atoms with Crippen LogP contribution in [0.5, 0.6) is 5.75 Å². The van der Waals surface area contributed by atoms with E-state index in [1.54, 1.807) is 6.07 Å². The Bertz CT molecular complexity index is 843. The van der Waals surface area contributed by atoms with Gasteiger partial charge in [-0.2, -0.15) is 8.78 Å². The first-order valence-electron chi connectivity index (χ1n) is 11.4. The molecule has 2 aliphatic rings. The van der Waals surface area contributed by atoms with Gasteiger partial charge in [-0.1, -0.05) is 38.0 Å². The summed E-state index contributed by atoms with van der Waals surface area (Å²) in [6.07, 6.45) is 4.85. The second kappa shape index (κ2) is 9.22. The molecular weight excluding hydrogens is 404 g/mol. The van der Waals surface area contributed by atoms with Crippen LogP contribution >= 0.6 is 0 Å². The van der Waals surface area contributed by atoms with Crippen LogP contribution in [0.4, 0.5) is 17.6 Å². The van der Waals surface area contributed by atoms with Crippen molar-refractivity contribution >= 4 is 0 Å². The topological polar surface area (TPSA) is 9.23 Å². The van der Waals surface area contributed by atoms with E-state index in [4.69, 9.17) is 0 Å². The molecule has 0 atom stereocenters. The molecule has 0 aliphatic heterocycles. The van der Waals surface area contributed by atoms with Gasteiger partial charge in [0, 0.05) is 0 Å². The van der Waals surface area contributed by atoms with Gasteiger partial charge in [-0.25, -0.2) is 8.78 Å². The standard InChI is InChI=1S/C26H30F4O/c1-17-7-9-18(10-8-17)19-11-13-20(14-12-19)21-15-23(27)25(24(28)16-21)26(29,30)31-22-5-3-2-4-6-22/h2-6,15-20H,7-14H2,1H3. The van der Waals surface area contributed by atoms with E-state index >= 15 is 0 Å². The Hall–Kier alpha value is -2.04. The van der Waals surface area contributed by atoms with Crippen molar-refractivity contribution in [3.8, 4) is 5.75 Å². The van der Waals surface area contributed by atoms with E-state index in [9.17, 15) is 17.6 Å². The Labute approximate surface area is 181 Å². The Morgan fingerprint density at radius 2 is 1.29 bits per heavy atom. The maximum Gasteiger partial charge on any atom is 0.432 e. The monoisotopic (exact) mass is 434 g/mol. The molecule has 0 spiro atoms. The minimum atomic E-state index is -4.09. The molecule has 0 heterocycles. The van der Waals surface area contributed by atoms with Crippen molar-refractivity contribution in [3.05, 3.63) is 65.2 Å². The van der Waals surface area contributed by atoms with Gasteiger partial charge in [-0.05, 0) is 92.0 Å². The predicted octanol–water partition coefficient (Wildman–Crippen LogP) is 8.19. The third kappa shape index (κ3) is 5.07. The van der Waals surface area contributed by atoms with Crippen molar-refractivity contribution in [2.24, 2.45) is 17.8 Å². The van der Waals surface area contributed by atoms with Gasteiger partial charge in [-0.15, -0.1) is 0 Å². The van der Waals surface area contributed by atoms with Crippen molar-refractivity contribution in [1.29, 1.82) is 0 Å². The van der Waals surface area contributed by atoms with Crippen molar-refractivity contribution in [1.82, 2.24) is 0 Å². The van der Waals surface area contributed by atoms with Crippen LogP contribution in [0.2, 0.25) is 0 Å². The van der Waals surface area contributed by atoms with Gasteiger partial charge in [0.05, 0.1) is 0 Å². The number of hydrogen-bond donors (Lipinski definition) is 0. The Kier molecular flexibility index (Phi) is 6.59. The molecular formula is C26H30F4O. The largest absolute Gasteiger partial charge is 0.432 e. The maximum absolute atomic E-state index is 14.7. The number of ether oxygens (including phenoxy) is 1. The molecule has 0 unspecified atom stereocenters. The van der Waals surface area contributed by atoms with Crippen LogP contribution in [0.3, 0.4) is 0 Å². The molecule has 168 valence electrons. The molecule has 0 radical (unpaired) electrons. The number of hydrogen-bond acceptors (Lipinski definition) is 1. The molecule has 0 saturated heterocycles. The fraction of sp³-hybridized carbons (Fsp3) is 0.538. The summed E-state index contributed by atoms with van der Waals surface area (Å²) in [7, 11) is 0. The minimum absolute atomic E-state index is 0.0143. The van der Waals surface area contributed by atoms with E-state index in [1.165, 1.54) is 49.9 Å². The molecule has 1 nitrogen and oxygen atoms in total. The van der Waals surface area contributed by atoms with Gasteiger partial charge < -0.3 is 4.74 Å². The lowest BCUT2D eigenvalue weighted by molar-refractivity contribution is -0.189. The molecule has 2 fully saturated rings. The van der Waals surface area contributed by atoms with Crippen LogP contribution in [0.25, 0.3) is 0 Å². The molecule has 0 N–H and O–H groups in total. The number of halogens is 4. The lowest BCUT2D eigenvalue weighted by atomic mass is 9.68. The molecule has 2 aromatic carbocycles. The van der Waals surface area contributed by atoms with Gasteiger partial charge in [0.25, 0.3) is 0 Å². The summed E-state index contributed by atoms with van der Waals surface area (Å²) in [5.74, 6) is -0.367. The molecule has 0 amide bonds. The first-order valence-corrected chi connectivity index (χ1v) is 11.4. The summed E-state index contributed by atoms with van der Waals surface area (Å²) in [4.78, 5) is 0. The highest BCUT2D eigenvalue weighted by molar-refractivity contribution is 5.32. The van der Waals surface area contributed by atoms with E-state index in [2.05, 4.69) is 11.7 Å². The van der Waals surface area contributed by atoms with Crippen LogP contribution in [0.15, 0.2) is 42.5 Å². The lowest BCUT2D eigenvalue weighted by Crippen LogP contribution is -2.26. The Morgan fingerprint density at radius 3 is 1.84 bits per heavy atom. The first kappa shape index (κ1) is 22.2. The predicted molar refractivity (Wildman–Crippen MR) is 113 cm³/mol. The van der Waals surface area contributed by atoms with Crippen LogP contribution in [-0.2, 0) is 6.11 Å². The molecule has 2 aromatic rings. The maximum atomic E-state index is 14.7. The highest BCUT2D eigenvalue weighted by Gasteiger charge is 2.41. The summed E-state index contributed by atoms with van der Waals surface area (Å²) in [6.45, 7) is 2.31. The molecule has 2 saturated carbocycles. The summed E-state index contributed by atoms with van der Waals surface area (Å²) in [5.41, 5.74) is -0.852. The van der Waals surface area contributed by atoms with Gasteiger partial charge >= 0.3 is 6.11 Å². The van der Waals surface area contributed by atoms with Gasteiger partial charge in [-0.3, -0.25) is 0 Å². The zero-order valence-electron chi connectivity index (χ0n) is 17.9. The van der Waals surface area contributed by atoms with Crippen LogP contribution < -0.4 is 4.74 Å². The Morgan fingerprint density at radius 1 is 0.774 bits per heavy atom. The zero-order valence-corrected chi connectivity index (χ0v) is 17.9. The van der Waals surface area contributed by atoms with Crippen LogP contribution in [0, 0.1) is 29.4 Å². The highest BCUT2D eigenvalue weighted by atomic mass is 19.3. The van der Waals surface area contributed by atoms with Gasteiger partial charge in [0.1, 0.15) is 22.9 Å². The van der Waals surface area contributed by atoms with Crippen molar-refractivity contribution < 1.29 is 22.3 Å². The SMILES string of the molecule is CC1CCC(C2CCC(c3cc(F)c(C(F)(F)Oc4ccccc4)c(F)c3)CC2)CC1. The summed E-state index contributed by atoms with van der Waals surface area (Å²) >= 11 is 0. The number of rotatable bonds is 5. The quantitative estimate of drug-likeness (QED) is 0.431. The van der Waals surface area contributed by atoms with E-state index in [0.29, 0.717) is 11.5 Å². The molecule has 0 aromatic heterocycles. The van der Waals surface area contributed by atoms with Crippen LogP contribution in [-0.4, -0.2) is 0 Å². The number of para-hydroxylation sites is 1. The molecule has 4 rings (SSSR count). The Balaban J connectivity index is 1.44.